The topological polar surface area (TPSA) is 46.5 Å². The summed E-state index contributed by atoms with van der Waals surface area (Å²) in [7, 11) is 1.67. The number of benzene rings is 2. The predicted molar refractivity (Wildman–Crippen MR) is 79.4 cm³/mol. The van der Waals surface area contributed by atoms with E-state index in [9.17, 15) is 4.79 Å². The zero-order valence-electron chi connectivity index (χ0n) is 11.1. The first-order chi connectivity index (χ1) is 9.61. The van der Waals surface area contributed by atoms with E-state index in [4.69, 9.17) is 21.4 Å². The minimum absolute atomic E-state index is 0.229. The largest absolute Gasteiger partial charge is 0.478 e. The van der Waals surface area contributed by atoms with Crippen LogP contribution in [0.3, 0.4) is 0 Å². The molecule has 0 radical (unpaired) electrons. The zero-order chi connectivity index (χ0) is 14.5. The Morgan fingerprint density at radius 3 is 2.50 bits per heavy atom. The fourth-order valence-corrected chi connectivity index (χ4v) is 2.18. The van der Waals surface area contributed by atoms with Gasteiger partial charge in [0.05, 0.1) is 12.2 Å². The molecular formula is C16H15ClO3. The highest BCUT2D eigenvalue weighted by Gasteiger charge is 2.09. The van der Waals surface area contributed by atoms with Gasteiger partial charge >= 0.3 is 5.97 Å². The number of carboxylic acids is 1. The number of rotatable bonds is 5. The third kappa shape index (κ3) is 3.38. The summed E-state index contributed by atoms with van der Waals surface area (Å²) >= 11 is 6.15. The van der Waals surface area contributed by atoms with Crippen LogP contribution >= 0.6 is 11.6 Å². The first-order valence-electron chi connectivity index (χ1n) is 6.23. The highest BCUT2D eigenvalue weighted by atomic mass is 35.5. The number of halogens is 1. The van der Waals surface area contributed by atoms with Gasteiger partial charge in [0.2, 0.25) is 0 Å². The van der Waals surface area contributed by atoms with Crippen molar-refractivity contribution in [2.75, 3.05) is 13.7 Å². The second-order valence-corrected chi connectivity index (χ2v) is 4.85. The van der Waals surface area contributed by atoms with Gasteiger partial charge in [-0.1, -0.05) is 35.9 Å². The summed E-state index contributed by atoms with van der Waals surface area (Å²) in [4.78, 5) is 11.0. The van der Waals surface area contributed by atoms with E-state index in [1.54, 1.807) is 19.2 Å². The molecule has 3 nitrogen and oxygen atoms in total. The van der Waals surface area contributed by atoms with Crippen LogP contribution in [0.25, 0.3) is 11.1 Å². The van der Waals surface area contributed by atoms with Crippen molar-refractivity contribution in [3.05, 3.63) is 58.6 Å². The molecule has 0 atom stereocenters. The van der Waals surface area contributed by atoms with Gasteiger partial charge < -0.3 is 9.84 Å². The van der Waals surface area contributed by atoms with Gasteiger partial charge in [0, 0.05) is 17.7 Å². The number of ether oxygens (including phenoxy) is 1. The van der Waals surface area contributed by atoms with Crippen LogP contribution in [-0.4, -0.2) is 24.8 Å². The molecule has 4 heteroatoms. The van der Waals surface area contributed by atoms with Crippen molar-refractivity contribution in [1.29, 1.82) is 0 Å². The third-order valence-electron chi connectivity index (χ3n) is 3.07. The van der Waals surface area contributed by atoms with Gasteiger partial charge in [-0.3, -0.25) is 0 Å². The minimum Gasteiger partial charge on any atom is -0.478 e. The average Bonchev–Trinajstić information content (AvgIpc) is 2.46. The van der Waals surface area contributed by atoms with E-state index in [1.807, 2.05) is 24.3 Å². The van der Waals surface area contributed by atoms with E-state index in [-0.39, 0.29) is 5.56 Å². The zero-order valence-corrected chi connectivity index (χ0v) is 11.9. The van der Waals surface area contributed by atoms with Gasteiger partial charge in [0.15, 0.2) is 0 Å². The highest BCUT2D eigenvalue weighted by molar-refractivity contribution is 6.33. The van der Waals surface area contributed by atoms with E-state index < -0.39 is 5.97 Å². The van der Waals surface area contributed by atoms with Crippen LogP contribution in [0.15, 0.2) is 42.5 Å². The Morgan fingerprint density at radius 2 is 1.90 bits per heavy atom. The van der Waals surface area contributed by atoms with E-state index in [1.165, 1.54) is 11.6 Å². The standard InChI is InChI=1S/C16H15ClO3/c1-20-9-8-11-2-4-12(5-3-11)14-10-13(16(18)19)6-7-15(14)17/h2-7,10H,8-9H2,1H3,(H,18,19). The Bertz CT molecular complexity index is 606. The maximum atomic E-state index is 11.0. The normalized spacial score (nSPS) is 10.5. The van der Waals surface area contributed by atoms with Gasteiger partial charge in [-0.15, -0.1) is 0 Å². The van der Waals surface area contributed by atoms with Crippen molar-refractivity contribution >= 4 is 17.6 Å². The van der Waals surface area contributed by atoms with Crippen LogP contribution in [0.1, 0.15) is 15.9 Å². The summed E-state index contributed by atoms with van der Waals surface area (Å²) in [5.74, 6) is -0.959. The molecule has 2 aromatic carbocycles. The average molecular weight is 291 g/mol. The van der Waals surface area contributed by atoms with Crippen molar-refractivity contribution in [3.63, 3.8) is 0 Å². The van der Waals surface area contributed by atoms with Crippen molar-refractivity contribution < 1.29 is 14.6 Å². The molecule has 0 heterocycles. The van der Waals surface area contributed by atoms with E-state index >= 15 is 0 Å². The Balaban J connectivity index is 2.31. The number of hydrogen-bond acceptors (Lipinski definition) is 2. The molecule has 2 aromatic rings. The SMILES string of the molecule is COCCc1ccc(-c2cc(C(=O)O)ccc2Cl)cc1. The molecule has 0 bridgehead atoms. The molecule has 104 valence electrons. The lowest BCUT2D eigenvalue weighted by Crippen LogP contribution is -1.97. The van der Waals surface area contributed by atoms with Gasteiger partial charge in [-0.25, -0.2) is 4.79 Å². The predicted octanol–water partition coefficient (Wildman–Crippen LogP) is 3.89. The van der Waals surface area contributed by atoms with E-state index in [2.05, 4.69) is 0 Å². The maximum absolute atomic E-state index is 11.0. The van der Waals surface area contributed by atoms with E-state index in [0.29, 0.717) is 11.6 Å². The summed E-state index contributed by atoms with van der Waals surface area (Å²) in [6.07, 6.45) is 0.847. The van der Waals surface area contributed by atoms with Gasteiger partial charge in [0.25, 0.3) is 0 Å². The number of aromatic carboxylic acids is 1. The van der Waals surface area contributed by atoms with Crippen LogP contribution in [0.5, 0.6) is 0 Å². The molecule has 0 aromatic heterocycles. The second-order valence-electron chi connectivity index (χ2n) is 4.44. The Hall–Kier alpha value is -1.84. The Kier molecular flexibility index (Phi) is 4.77. The van der Waals surface area contributed by atoms with Crippen molar-refractivity contribution in [3.8, 4) is 11.1 Å². The molecule has 20 heavy (non-hydrogen) atoms. The third-order valence-corrected chi connectivity index (χ3v) is 3.40. The van der Waals surface area contributed by atoms with Crippen LogP contribution in [0.2, 0.25) is 5.02 Å². The molecule has 0 aliphatic carbocycles. The quantitative estimate of drug-likeness (QED) is 0.908. The van der Waals surface area contributed by atoms with Gasteiger partial charge in [-0.05, 0) is 35.7 Å². The molecule has 0 saturated heterocycles. The summed E-state index contributed by atoms with van der Waals surface area (Å²) in [6, 6.07) is 12.6. The lowest BCUT2D eigenvalue weighted by Gasteiger charge is -2.07. The van der Waals surface area contributed by atoms with Crippen LogP contribution in [-0.2, 0) is 11.2 Å². The fraction of sp³-hybridized carbons (Fsp3) is 0.188. The number of hydrogen-bond donors (Lipinski definition) is 1. The fourth-order valence-electron chi connectivity index (χ4n) is 1.95. The van der Waals surface area contributed by atoms with Crippen molar-refractivity contribution in [1.82, 2.24) is 0 Å². The molecule has 0 spiro atoms. The first-order valence-corrected chi connectivity index (χ1v) is 6.60. The smallest absolute Gasteiger partial charge is 0.335 e. The summed E-state index contributed by atoms with van der Waals surface area (Å²) in [5.41, 5.74) is 3.03. The Labute approximate surface area is 122 Å². The maximum Gasteiger partial charge on any atom is 0.335 e. The number of methoxy groups -OCH3 is 1. The number of carbonyl (C=O) groups is 1. The first kappa shape index (κ1) is 14.6. The molecule has 0 saturated carbocycles. The molecule has 0 amide bonds. The molecule has 2 rings (SSSR count). The number of carboxylic acid groups (broad SMARTS) is 1. The Morgan fingerprint density at radius 1 is 1.20 bits per heavy atom. The molecule has 0 fully saturated rings. The summed E-state index contributed by atoms with van der Waals surface area (Å²) in [5, 5.41) is 9.57. The van der Waals surface area contributed by atoms with Crippen LogP contribution < -0.4 is 0 Å². The molecular weight excluding hydrogens is 276 g/mol. The minimum atomic E-state index is -0.959. The van der Waals surface area contributed by atoms with E-state index in [0.717, 1.165) is 17.5 Å². The molecule has 0 aliphatic heterocycles. The van der Waals surface area contributed by atoms with Gasteiger partial charge in [0.1, 0.15) is 0 Å². The molecule has 1 N–H and O–H groups in total. The van der Waals surface area contributed by atoms with Crippen molar-refractivity contribution in [2.45, 2.75) is 6.42 Å². The van der Waals surface area contributed by atoms with Crippen LogP contribution in [0, 0.1) is 0 Å². The second kappa shape index (κ2) is 6.55. The lowest BCUT2D eigenvalue weighted by atomic mass is 10.0. The van der Waals surface area contributed by atoms with Crippen LogP contribution in [0.4, 0.5) is 0 Å². The summed E-state index contributed by atoms with van der Waals surface area (Å²) < 4.78 is 5.04. The molecule has 0 aliphatic rings. The lowest BCUT2D eigenvalue weighted by molar-refractivity contribution is 0.0697. The monoisotopic (exact) mass is 290 g/mol. The summed E-state index contributed by atoms with van der Waals surface area (Å²) in [6.45, 7) is 0.675. The highest BCUT2D eigenvalue weighted by Crippen LogP contribution is 2.29. The van der Waals surface area contributed by atoms with Gasteiger partial charge in [-0.2, -0.15) is 0 Å². The molecule has 0 unspecified atom stereocenters. The van der Waals surface area contributed by atoms with Crippen molar-refractivity contribution in [2.24, 2.45) is 0 Å².